The van der Waals surface area contributed by atoms with Crippen molar-refractivity contribution in [1.29, 1.82) is 0 Å². The number of rotatable bonds is 1. The number of phenols is 1. The summed E-state index contributed by atoms with van der Waals surface area (Å²) < 4.78 is 39.2. The Bertz CT molecular complexity index is 856. The van der Waals surface area contributed by atoms with Gasteiger partial charge in [0.1, 0.15) is 5.75 Å². The Morgan fingerprint density at radius 3 is 2.36 bits per heavy atom. The summed E-state index contributed by atoms with van der Waals surface area (Å²) in [5.41, 5.74) is 0.244. The molecule has 0 unspecified atom stereocenters. The van der Waals surface area contributed by atoms with Crippen molar-refractivity contribution in [2.24, 2.45) is 0 Å². The van der Waals surface area contributed by atoms with Gasteiger partial charge in [-0.2, -0.15) is 13.2 Å². The summed E-state index contributed by atoms with van der Waals surface area (Å²) in [4.78, 5) is 0. The molecular weight excluding hydrogens is 357 g/mol. The molecular formula is C17H10BrF3O. The van der Waals surface area contributed by atoms with Crippen molar-refractivity contribution in [1.82, 2.24) is 0 Å². The first kappa shape index (κ1) is 14.9. The largest absolute Gasteiger partial charge is 0.507 e. The van der Waals surface area contributed by atoms with Crippen LogP contribution in [0.2, 0.25) is 0 Å². The highest BCUT2D eigenvalue weighted by atomic mass is 79.9. The third-order valence-electron chi connectivity index (χ3n) is 3.42. The minimum absolute atomic E-state index is 0.0335. The van der Waals surface area contributed by atoms with Gasteiger partial charge in [0.2, 0.25) is 0 Å². The van der Waals surface area contributed by atoms with E-state index in [1.165, 1.54) is 12.1 Å². The van der Waals surface area contributed by atoms with Gasteiger partial charge in [0.05, 0.1) is 5.56 Å². The molecule has 0 aliphatic heterocycles. The van der Waals surface area contributed by atoms with Crippen molar-refractivity contribution in [2.75, 3.05) is 0 Å². The molecule has 3 aromatic rings. The number of alkyl halides is 3. The molecule has 0 aliphatic carbocycles. The van der Waals surface area contributed by atoms with Crippen molar-refractivity contribution in [3.05, 3.63) is 64.6 Å². The van der Waals surface area contributed by atoms with Gasteiger partial charge in [0.15, 0.2) is 0 Å². The molecule has 0 saturated carbocycles. The number of phenolic OH excluding ortho intramolecular Hbond substituents is 1. The van der Waals surface area contributed by atoms with Crippen LogP contribution in [-0.2, 0) is 6.18 Å². The second-order valence-electron chi connectivity index (χ2n) is 4.94. The molecule has 1 N–H and O–H groups in total. The molecule has 3 aromatic carbocycles. The van der Waals surface area contributed by atoms with E-state index in [1.54, 1.807) is 24.3 Å². The molecule has 1 nitrogen and oxygen atoms in total. The normalized spacial score (nSPS) is 11.8. The van der Waals surface area contributed by atoms with Crippen LogP contribution in [0.15, 0.2) is 59.1 Å². The molecule has 0 spiro atoms. The summed E-state index contributed by atoms with van der Waals surface area (Å²) in [5.74, 6) is 0.0335. The number of halogens is 4. The van der Waals surface area contributed by atoms with Gasteiger partial charge in [-0.25, -0.2) is 0 Å². The molecule has 3 rings (SSSR count). The molecule has 0 bridgehead atoms. The SMILES string of the molecule is Oc1cc(-c2cccc(C(F)(F)F)c2)cc2ccc(Br)cc12. The van der Waals surface area contributed by atoms with E-state index in [2.05, 4.69) is 15.9 Å². The molecule has 0 aliphatic rings. The number of hydrogen-bond donors (Lipinski definition) is 1. The van der Waals surface area contributed by atoms with Gasteiger partial charge in [0.25, 0.3) is 0 Å². The molecule has 0 aromatic heterocycles. The van der Waals surface area contributed by atoms with E-state index in [0.29, 0.717) is 16.5 Å². The van der Waals surface area contributed by atoms with Crippen molar-refractivity contribution >= 4 is 26.7 Å². The van der Waals surface area contributed by atoms with E-state index in [9.17, 15) is 18.3 Å². The van der Waals surface area contributed by atoms with Crippen LogP contribution in [-0.4, -0.2) is 5.11 Å². The summed E-state index contributed by atoms with van der Waals surface area (Å²) in [7, 11) is 0. The summed E-state index contributed by atoms with van der Waals surface area (Å²) >= 11 is 3.33. The molecule has 0 radical (unpaired) electrons. The minimum atomic E-state index is -4.39. The first-order valence-corrected chi connectivity index (χ1v) is 7.24. The van der Waals surface area contributed by atoms with Crippen LogP contribution >= 0.6 is 15.9 Å². The van der Waals surface area contributed by atoms with E-state index in [4.69, 9.17) is 0 Å². The van der Waals surface area contributed by atoms with Gasteiger partial charge in [-0.05, 0) is 52.9 Å². The Balaban J connectivity index is 2.17. The highest BCUT2D eigenvalue weighted by Crippen LogP contribution is 2.36. The van der Waals surface area contributed by atoms with Gasteiger partial charge in [-0.15, -0.1) is 0 Å². The predicted octanol–water partition coefficient (Wildman–Crippen LogP) is 5.99. The van der Waals surface area contributed by atoms with E-state index in [-0.39, 0.29) is 5.75 Å². The fourth-order valence-corrected chi connectivity index (χ4v) is 2.71. The minimum Gasteiger partial charge on any atom is -0.507 e. The fourth-order valence-electron chi connectivity index (χ4n) is 2.35. The predicted molar refractivity (Wildman–Crippen MR) is 83.8 cm³/mol. The van der Waals surface area contributed by atoms with Crippen LogP contribution in [0.4, 0.5) is 13.2 Å². The van der Waals surface area contributed by atoms with E-state index < -0.39 is 11.7 Å². The Morgan fingerprint density at radius 2 is 1.64 bits per heavy atom. The van der Waals surface area contributed by atoms with Crippen molar-refractivity contribution in [3.63, 3.8) is 0 Å². The average molecular weight is 367 g/mol. The van der Waals surface area contributed by atoms with Crippen LogP contribution in [0.5, 0.6) is 5.75 Å². The molecule has 0 atom stereocenters. The van der Waals surface area contributed by atoms with Crippen LogP contribution < -0.4 is 0 Å². The molecule has 0 amide bonds. The summed E-state index contributed by atoms with van der Waals surface area (Å²) in [6.07, 6.45) is -4.39. The van der Waals surface area contributed by atoms with Gasteiger partial charge in [-0.1, -0.05) is 34.1 Å². The number of fused-ring (bicyclic) bond motifs is 1. The van der Waals surface area contributed by atoms with E-state index in [1.807, 2.05) is 6.07 Å². The van der Waals surface area contributed by atoms with Crippen molar-refractivity contribution < 1.29 is 18.3 Å². The Kier molecular flexibility index (Phi) is 3.60. The molecule has 5 heteroatoms. The van der Waals surface area contributed by atoms with E-state index in [0.717, 1.165) is 22.0 Å². The second kappa shape index (κ2) is 5.32. The van der Waals surface area contributed by atoms with Gasteiger partial charge in [-0.3, -0.25) is 0 Å². The van der Waals surface area contributed by atoms with Crippen LogP contribution in [0, 0.1) is 0 Å². The maximum absolute atomic E-state index is 12.8. The Labute approximate surface area is 133 Å². The summed E-state index contributed by atoms with van der Waals surface area (Å²) in [5, 5.41) is 11.5. The van der Waals surface area contributed by atoms with Crippen LogP contribution in [0.25, 0.3) is 21.9 Å². The Morgan fingerprint density at radius 1 is 0.864 bits per heavy atom. The standard InChI is InChI=1S/C17H10BrF3O/c18-14-5-4-11-6-12(8-16(22)15(11)9-14)10-2-1-3-13(7-10)17(19,20)21/h1-9,22H. The topological polar surface area (TPSA) is 20.2 Å². The lowest BCUT2D eigenvalue weighted by Crippen LogP contribution is -2.04. The molecule has 22 heavy (non-hydrogen) atoms. The van der Waals surface area contributed by atoms with Crippen LogP contribution in [0.3, 0.4) is 0 Å². The zero-order valence-corrected chi connectivity index (χ0v) is 12.7. The number of hydrogen-bond acceptors (Lipinski definition) is 1. The van der Waals surface area contributed by atoms with Gasteiger partial charge in [0, 0.05) is 9.86 Å². The average Bonchev–Trinajstić information content (AvgIpc) is 2.47. The summed E-state index contributed by atoms with van der Waals surface area (Å²) in [6.45, 7) is 0. The zero-order chi connectivity index (χ0) is 15.9. The maximum atomic E-state index is 12.8. The first-order valence-electron chi connectivity index (χ1n) is 6.44. The molecule has 112 valence electrons. The summed E-state index contributed by atoms with van der Waals surface area (Å²) in [6, 6.07) is 13.7. The second-order valence-corrected chi connectivity index (χ2v) is 5.86. The number of aromatic hydroxyl groups is 1. The first-order chi connectivity index (χ1) is 10.3. The molecule has 0 saturated heterocycles. The molecule has 0 heterocycles. The third kappa shape index (κ3) is 2.81. The third-order valence-corrected chi connectivity index (χ3v) is 3.91. The van der Waals surface area contributed by atoms with E-state index >= 15 is 0 Å². The molecule has 0 fully saturated rings. The smallest absolute Gasteiger partial charge is 0.416 e. The van der Waals surface area contributed by atoms with Crippen molar-refractivity contribution in [3.8, 4) is 16.9 Å². The lowest BCUT2D eigenvalue weighted by Gasteiger charge is -2.10. The highest BCUT2D eigenvalue weighted by Gasteiger charge is 2.30. The monoisotopic (exact) mass is 366 g/mol. The van der Waals surface area contributed by atoms with Gasteiger partial charge < -0.3 is 5.11 Å². The highest BCUT2D eigenvalue weighted by molar-refractivity contribution is 9.10. The quantitative estimate of drug-likeness (QED) is 0.560. The van der Waals surface area contributed by atoms with Crippen LogP contribution in [0.1, 0.15) is 5.56 Å². The Hall–Kier alpha value is -2.01. The lowest BCUT2D eigenvalue weighted by molar-refractivity contribution is -0.137. The maximum Gasteiger partial charge on any atom is 0.416 e. The number of benzene rings is 3. The van der Waals surface area contributed by atoms with Gasteiger partial charge >= 0.3 is 6.18 Å². The fraction of sp³-hybridized carbons (Fsp3) is 0.0588. The lowest BCUT2D eigenvalue weighted by atomic mass is 9.99. The zero-order valence-electron chi connectivity index (χ0n) is 11.2. The van der Waals surface area contributed by atoms with Crippen molar-refractivity contribution in [2.45, 2.75) is 6.18 Å².